The van der Waals surface area contributed by atoms with Crippen LogP contribution in [0.1, 0.15) is 80.1 Å². The Morgan fingerprint density at radius 3 is 1.38 bits per heavy atom. The summed E-state index contributed by atoms with van der Waals surface area (Å²) in [4.78, 5) is 0. The van der Waals surface area contributed by atoms with Crippen LogP contribution in [-0.4, -0.2) is 0 Å². The van der Waals surface area contributed by atoms with Gasteiger partial charge in [-0.3, -0.25) is 0 Å². The van der Waals surface area contributed by atoms with Crippen molar-refractivity contribution in [3.05, 3.63) is 0 Å². The van der Waals surface area contributed by atoms with E-state index in [1.807, 2.05) is 0 Å². The van der Waals surface area contributed by atoms with Crippen LogP contribution in [-0.2, 0) is 0 Å². The summed E-state index contributed by atoms with van der Waals surface area (Å²) in [5.41, 5.74) is 0. The Hall–Kier alpha value is 0. The lowest BCUT2D eigenvalue weighted by Gasteiger charge is -2.13. The molecule has 16 heavy (non-hydrogen) atoms. The number of fused-ring (bicyclic) bond motifs is 1. The van der Waals surface area contributed by atoms with Crippen molar-refractivity contribution in [1.29, 1.82) is 0 Å². The molecule has 0 amide bonds. The van der Waals surface area contributed by atoms with E-state index >= 15 is 0 Å². The SMILES string of the molecule is CC1CC(C)C2CCCC12.CCC.CCC. The first-order valence-corrected chi connectivity index (χ1v) is 7.62. The second kappa shape index (κ2) is 9.07. The highest BCUT2D eigenvalue weighted by Gasteiger charge is 2.40. The summed E-state index contributed by atoms with van der Waals surface area (Å²) < 4.78 is 0. The van der Waals surface area contributed by atoms with Crippen LogP contribution < -0.4 is 0 Å². The molecule has 0 nitrogen and oxygen atoms in total. The third kappa shape index (κ3) is 4.89. The van der Waals surface area contributed by atoms with Gasteiger partial charge < -0.3 is 0 Å². The van der Waals surface area contributed by atoms with Gasteiger partial charge in [0.05, 0.1) is 0 Å². The molecule has 0 saturated heterocycles. The summed E-state index contributed by atoms with van der Waals surface area (Å²) in [5.74, 6) is 4.33. The molecule has 2 aliphatic carbocycles. The smallest absolute Gasteiger partial charge is 0.0357 e. The normalized spacial score (nSPS) is 35.6. The van der Waals surface area contributed by atoms with Crippen molar-refractivity contribution in [3.8, 4) is 0 Å². The second-order valence-electron chi connectivity index (χ2n) is 5.86. The number of hydrogen-bond donors (Lipinski definition) is 0. The van der Waals surface area contributed by atoms with Crippen LogP contribution in [0.2, 0.25) is 0 Å². The van der Waals surface area contributed by atoms with Crippen LogP contribution in [0.3, 0.4) is 0 Å². The van der Waals surface area contributed by atoms with E-state index in [0.717, 1.165) is 23.7 Å². The maximum Gasteiger partial charge on any atom is -0.0357 e. The molecule has 0 bridgehead atoms. The highest BCUT2D eigenvalue weighted by atomic mass is 14.5. The fourth-order valence-electron chi connectivity index (χ4n) is 3.37. The summed E-state index contributed by atoms with van der Waals surface area (Å²) in [6.45, 7) is 13.4. The molecule has 0 heteroatoms. The standard InChI is InChI=1S/C10H18.2C3H8/c1-7-6-8(2)10-5-3-4-9(7)10;2*1-3-2/h7-10H,3-6H2,1-2H3;2*3H2,1-2H3. The molecule has 2 rings (SSSR count). The predicted octanol–water partition coefficient (Wildman–Crippen LogP) is 5.91. The Morgan fingerprint density at radius 1 is 0.750 bits per heavy atom. The monoisotopic (exact) mass is 226 g/mol. The Kier molecular flexibility index (Phi) is 9.07. The highest BCUT2D eigenvalue weighted by Crippen LogP contribution is 2.50. The topological polar surface area (TPSA) is 0 Å². The van der Waals surface area contributed by atoms with Gasteiger partial charge in [0, 0.05) is 0 Å². The van der Waals surface area contributed by atoms with Gasteiger partial charge in [0.1, 0.15) is 0 Å². The van der Waals surface area contributed by atoms with Gasteiger partial charge in [0.15, 0.2) is 0 Å². The third-order valence-corrected chi connectivity index (χ3v) is 3.83. The van der Waals surface area contributed by atoms with Crippen LogP contribution in [0, 0.1) is 23.7 Å². The third-order valence-electron chi connectivity index (χ3n) is 3.83. The van der Waals surface area contributed by atoms with Crippen LogP contribution in [0.5, 0.6) is 0 Å². The van der Waals surface area contributed by atoms with Crippen LogP contribution in [0.4, 0.5) is 0 Å². The van der Waals surface area contributed by atoms with E-state index in [9.17, 15) is 0 Å². The van der Waals surface area contributed by atoms with Gasteiger partial charge in [0.2, 0.25) is 0 Å². The molecule has 2 fully saturated rings. The van der Waals surface area contributed by atoms with Gasteiger partial charge in [-0.25, -0.2) is 0 Å². The van der Waals surface area contributed by atoms with Gasteiger partial charge in [0.25, 0.3) is 0 Å². The van der Waals surface area contributed by atoms with Gasteiger partial charge in [-0.1, -0.05) is 60.8 Å². The first-order valence-electron chi connectivity index (χ1n) is 7.62. The molecule has 0 heterocycles. The minimum Gasteiger partial charge on any atom is -0.0656 e. The molecule has 4 atom stereocenters. The molecule has 0 radical (unpaired) electrons. The predicted molar refractivity (Wildman–Crippen MR) is 75.7 cm³/mol. The fourth-order valence-corrected chi connectivity index (χ4v) is 3.37. The zero-order valence-electron chi connectivity index (χ0n) is 12.6. The Bertz CT molecular complexity index is 134. The lowest BCUT2D eigenvalue weighted by molar-refractivity contribution is 0.352. The molecule has 0 aromatic heterocycles. The van der Waals surface area contributed by atoms with Crippen molar-refractivity contribution in [2.75, 3.05) is 0 Å². The molecule has 4 unspecified atom stereocenters. The molecular weight excluding hydrogens is 192 g/mol. The Morgan fingerprint density at radius 2 is 1.06 bits per heavy atom. The van der Waals surface area contributed by atoms with E-state index < -0.39 is 0 Å². The van der Waals surface area contributed by atoms with Gasteiger partial charge in [-0.05, 0) is 42.9 Å². The van der Waals surface area contributed by atoms with E-state index in [2.05, 4.69) is 41.5 Å². The molecule has 2 aliphatic rings. The molecular formula is C16H34. The Balaban J connectivity index is 0.000000321. The van der Waals surface area contributed by atoms with E-state index in [-0.39, 0.29) is 0 Å². The van der Waals surface area contributed by atoms with Gasteiger partial charge >= 0.3 is 0 Å². The van der Waals surface area contributed by atoms with Crippen molar-refractivity contribution < 1.29 is 0 Å². The molecule has 98 valence electrons. The number of rotatable bonds is 0. The molecule has 2 saturated carbocycles. The van der Waals surface area contributed by atoms with Gasteiger partial charge in [-0.15, -0.1) is 0 Å². The van der Waals surface area contributed by atoms with Crippen LogP contribution in [0.25, 0.3) is 0 Å². The van der Waals surface area contributed by atoms with Crippen LogP contribution >= 0.6 is 0 Å². The van der Waals surface area contributed by atoms with Crippen LogP contribution in [0.15, 0.2) is 0 Å². The molecule has 0 aromatic rings. The van der Waals surface area contributed by atoms with Crippen molar-refractivity contribution in [3.63, 3.8) is 0 Å². The first kappa shape index (κ1) is 16.0. The Labute approximate surface area is 104 Å². The first-order chi connectivity index (χ1) is 7.62. The quantitative estimate of drug-likeness (QED) is 0.481. The summed E-state index contributed by atoms with van der Waals surface area (Å²) in [5, 5.41) is 0. The number of hydrogen-bond acceptors (Lipinski definition) is 0. The minimum absolute atomic E-state index is 1.04. The van der Waals surface area contributed by atoms with E-state index in [1.54, 1.807) is 0 Å². The average Bonchev–Trinajstić information content (AvgIpc) is 2.76. The zero-order valence-corrected chi connectivity index (χ0v) is 12.6. The molecule has 0 aromatic carbocycles. The van der Waals surface area contributed by atoms with E-state index in [0.29, 0.717) is 0 Å². The molecule has 0 spiro atoms. The summed E-state index contributed by atoms with van der Waals surface area (Å²) in [7, 11) is 0. The zero-order chi connectivity index (χ0) is 12.6. The second-order valence-corrected chi connectivity index (χ2v) is 5.86. The summed E-state index contributed by atoms with van der Waals surface area (Å²) in [6.07, 6.45) is 8.60. The lowest BCUT2D eigenvalue weighted by Crippen LogP contribution is -2.07. The fraction of sp³-hybridized carbons (Fsp3) is 1.00. The van der Waals surface area contributed by atoms with Crippen molar-refractivity contribution >= 4 is 0 Å². The maximum atomic E-state index is 2.45. The largest absolute Gasteiger partial charge is 0.0656 e. The average molecular weight is 226 g/mol. The van der Waals surface area contributed by atoms with E-state index in [1.165, 1.54) is 38.5 Å². The van der Waals surface area contributed by atoms with E-state index in [4.69, 9.17) is 0 Å². The maximum absolute atomic E-state index is 2.45. The molecule has 0 aliphatic heterocycles. The van der Waals surface area contributed by atoms with Crippen molar-refractivity contribution in [1.82, 2.24) is 0 Å². The highest BCUT2D eigenvalue weighted by molar-refractivity contribution is 4.90. The molecule has 0 N–H and O–H groups in total. The van der Waals surface area contributed by atoms with Crippen molar-refractivity contribution in [2.45, 2.75) is 80.1 Å². The summed E-state index contributed by atoms with van der Waals surface area (Å²) in [6, 6.07) is 0. The minimum atomic E-state index is 1.04. The summed E-state index contributed by atoms with van der Waals surface area (Å²) >= 11 is 0. The lowest BCUT2D eigenvalue weighted by atomic mass is 9.92. The van der Waals surface area contributed by atoms with Gasteiger partial charge in [-0.2, -0.15) is 0 Å². The van der Waals surface area contributed by atoms with Crippen molar-refractivity contribution in [2.24, 2.45) is 23.7 Å².